The summed E-state index contributed by atoms with van der Waals surface area (Å²) in [6.45, 7) is 0.344. The third-order valence-corrected chi connectivity index (χ3v) is 3.78. The molecule has 0 aliphatic heterocycles. The Morgan fingerprint density at radius 1 is 1.44 bits per heavy atom. The normalized spacial score (nSPS) is 10.3. The highest BCUT2D eigenvalue weighted by Crippen LogP contribution is 2.19. The first-order valence-corrected chi connectivity index (χ1v) is 7.24. The molecule has 7 heteroatoms. The van der Waals surface area contributed by atoms with Crippen LogP contribution in [0.4, 0.5) is 5.13 Å². The highest BCUT2D eigenvalue weighted by atomic mass is 32.2. The minimum absolute atomic E-state index is 0.117. The van der Waals surface area contributed by atoms with Crippen molar-refractivity contribution in [2.24, 2.45) is 0 Å². The van der Waals surface area contributed by atoms with E-state index in [1.165, 1.54) is 11.3 Å². The van der Waals surface area contributed by atoms with E-state index in [1.807, 2.05) is 24.5 Å². The molecule has 0 aliphatic rings. The van der Waals surface area contributed by atoms with Crippen LogP contribution in [0, 0.1) is 0 Å². The third kappa shape index (κ3) is 2.99. The minimum atomic E-state index is -0.117. The highest BCUT2D eigenvalue weighted by molar-refractivity contribution is 7.98. The summed E-state index contributed by atoms with van der Waals surface area (Å²) < 4.78 is 0. The van der Waals surface area contributed by atoms with Gasteiger partial charge in [0.05, 0.1) is 12.1 Å². The lowest BCUT2D eigenvalue weighted by molar-refractivity contribution is 0.0948. The van der Waals surface area contributed by atoms with Gasteiger partial charge in [0.2, 0.25) is 5.13 Å². The van der Waals surface area contributed by atoms with Crippen LogP contribution >= 0.6 is 23.1 Å². The molecule has 2 rings (SSSR count). The Morgan fingerprint density at radius 2 is 2.22 bits per heavy atom. The van der Waals surface area contributed by atoms with Crippen LogP contribution in [0.25, 0.3) is 0 Å². The van der Waals surface area contributed by atoms with Gasteiger partial charge in [-0.2, -0.15) is 0 Å². The fourth-order valence-corrected chi connectivity index (χ4v) is 2.57. The van der Waals surface area contributed by atoms with Crippen molar-refractivity contribution in [2.75, 3.05) is 12.0 Å². The Hall–Kier alpha value is -1.60. The number of nitrogen functional groups attached to an aromatic ring is 1. The first kappa shape index (κ1) is 12.8. The zero-order valence-electron chi connectivity index (χ0n) is 9.71. The number of hydrogen-bond donors (Lipinski definition) is 2. The number of rotatable bonds is 4. The van der Waals surface area contributed by atoms with Gasteiger partial charge in [0, 0.05) is 4.90 Å². The zero-order chi connectivity index (χ0) is 13.0. The highest BCUT2D eigenvalue weighted by Gasteiger charge is 2.10. The summed E-state index contributed by atoms with van der Waals surface area (Å²) in [7, 11) is 0. The maximum atomic E-state index is 12.0. The van der Waals surface area contributed by atoms with Gasteiger partial charge in [-0.1, -0.05) is 23.5 Å². The number of benzene rings is 1. The molecule has 0 fully saturated rings. The second-order valence-electron chi connectivity index (χ2n) is 3.42. The molecule has 0 atom stereocenters. The van der Waals surface area contributed by atoms with E-state index in [9.17, 15) is 4.79 Å². The van der Waals surface area contributed by atoms with Crippen LogP contribution in [-0.2, 0) is 6.54 Å². The molecule has 0 spiro atoms. The molecule has 2 aromatic rings. The molecule has 18 heavy (non-hydrogen) atoms. The number of nitrogens with one attached hydrogen (secondary N) is 1. The molecule has 1 aromatic heterocycles. The second kappa shape index (κ2) is 5.83. The number of nitrogens with zero attached hydrogens (tertiary/aromatic N) is 2. The van der Waals surface area contributed by atoms with Gasteiger partial charge in [-0.05, 0) is 18.4 Å². The Bertz CT molecular complexity index is 555. The van der Waals surface area contributed by atoms with E-state index in [-0.39, 0.29) is 5.91 Å². The van der Waals surface area contributed by atoms with E-state index in [2.05, 4.69) is 15.5 Å². The summed E-state index contributed by atoms with van der Waals surface area (Å²) in [6.07, 6.45) is 1.94. The lowest BCUT2D eigenvalue weighted by Crippen LogP contribution is -2.23. The van der Waals surface area contributed by atoms with Crippen molar-refractivity contribution in [3.05, 3.63) is 34.8 Å². The van der Waals surface area contributed by atoms with Gasteiger partial charge in [-0.3, -0.25) is 4.79 Å². The maximum Gasteiger partial charge on any atom is 0.252 e. The van der Waals surface area contributed by atoms with Crippen molar-refractivity contribution in [2.45, 2.75) is 11.4 Å². The maximum absolute atomic E-state index is 12.0. The molecule has 3 N–H and O–H groups in total. The molecule has 1 heterocycles. The van der Waals surface area contributed by atoms with E-state index in [0.29, 0.717) is 22.2 Å². The van der Waals surface area contributed by atoms with E-state index in [1.54, 1.807) is 17.8 Å². The van der Waals surface area contributed by atoms with E-state index < -0.39 is 0 Å². The van der Waals surface area contributed by atoms with Crippen molar-refractivity contribution >= 4 is 34.1 Å². The standard InChI is InChI=1S/C11H12N4OS2/c1-17-8-5-3-2-4-7(8)10(16)13-6-9-14-15-11(12)18-9/h2-5H,6H2,1H3,(H2,12,15)(H,13,16). The van der Waals surface area contributed by atoms with Crippen molar-refractivity contribution in [1.82, 2.24) is 15.5 Å². The number of aromatic nitrogens is 2. The summed E-state index contributed by atoms with van der Waals surface area (Å²) in [6, 6.07) is 7.48. The molecule has 0 bridgehead atoms. The van der Waals surface area contributed by atoms with Crippen LogP contribution in [-0.4, -0.2) is 22.4 Å². The number of carbonyl (C=O) groups excluding carboxylic acids is 1. The minimum Gasteiger partial charge on any atom is -0.374 e. The van der Waals surface area contributed by atoms with E-state index in [4.69, 9.17) is 5.73 Å². The Labute approximate surface area is 113 Å². The summed E-state index contributed by atoms with van der Waals surface area (Å²) in [5.41, 5.74) is 6.14. The van der Waals surface area contributed by atoms with Crippen LogP contribution in [0.15, 0.2) is 29.2 Å². The van der Waals surface area contributed by atoms with Crippen molar-refractivity contribution in [1.29, 1.82) is 0 Å². The smallest absolute Gasteiger partial charge is 0.252 e. The third-order valence-electron chi connectivity index (χ3n) is 2.23. The van der Waals surface area contributed by atoms with Crippen molar-refractivity contribution in [3.63, 3.8) is 0 Å². The number of anilines is 1. The molecular formula is C11H12N4OS2. The molecule has 0 aliphatic carbocycles. The quantitative estimate of drug-likeness (QED) is 0.834. The topological polar surface area (TPSA) is 80.9 Å². The average Bonchev–Trinajstić information content (AvgIpc) is 2.81. The van der Waals surface area contributed by atoms with Crippen LogP contribution in [0.2, 0.25) is 0 Å². The van der Waals surface area contributed by atoms with Crippen LogP contribution in [0.3, 0.4) is 0 Å². The van der Waals surface area contributed by atoms with Gasteiger partial charge >= 0.3 is 0 Å². The van der Waals surface area contributed by atoms with E-state index >= 15 is 0 Å². The van der Waals surface area contributed by atoms with Crippen LogP contribution in [0.5, 0.6) is 0 Å². The Balaban J connectivity index is 2.03. The molecule has 5 nitrogen and oxygen atoms in total. The summed E-state index contributed by atoms with van der Waals surface area (Å²) in [4.78, 5) is 13.0. The monoisotopic (exact) mass is 280 g/mol. The number of nitrogens with two attached hydrogens (primary N) is 1. The number of amides is 1. The molecule has 1 aromatic carbocycles. The molecule has 0 saturated carbocycles. The predicted octanol–water partition coefficient (Wildman–Crippen LogP) is 1.77. The van der Waals surface area contributed by atoms with Gasteiger partial charge in [-0.15, -0.1) is 22.0 Å². The Kier molecular flexibility index (Phi) is 4.16. The Morgan fingerprint density at radius 3 is 2.89 bits per heavy atom. The summed E-state index contributed by atoms with van der Waals surface area (Å²) in [5.74, 6) is -0.117. The fourth-order valence-electron chi connectivity index (χ4n) is 1.42. The van der Waals surface area contributed by atoms with Crippen LogP contribution in [0.1, 0.15) is 15.4 Å². The largest absolute Gasteiger partial charge is 0.374 e. The fraction of sp³-hybridized carbons (Fsp3) is 0.182. The molecular weight excluding hydrogens is 268 g/mol. The SMILES string of the molecule is CSc1ccccc1C(=O)NCc1nnc(N)s1. The molecule has 0 unspecified atom stereocenters. The van der Waals surface area contributed by atoms with Crippen molar-refractivity contribution in [3.8, 4) is 0 Å². The molecule has 0 saturated heterocycles. The lowest BCUT2D eigenvalue weighted by Gasteiger charge is -2.06. The average molecular weight is 280 g/mol. The van der Waals surface area contributed by atoms with Gasteiger partial charge in [0.25, 0.3) is 5.91 Å². The molecule has 0 radical (unpaired) electrons. The number of thioether (sulfide) groups is 1. The van der Waals surface area contributed by atoms with Crippen LogP contribution < -0.4 is 11.1 Å². The van der Waals surface area contributed by atoms with Gasteiger partial charge < -0.3 is 11.1 Å². The summed E-state index contributed by atoms with van der Waals surface area (Å²) in [5, 5.41) is 11.4. The van der Waals surface area contributed by atoms with Gasteiger partial charge in [-0.25, -0.2) is 0 Å². The lowest BCUT2D eigenvalue weighted by atomic mass is 10.2. The zero-order valence-corrected chi connectivity index (χ0v) is 11.3. The number of carbonyl (C=O) groups is 1. The van der Waals surface area contributed by atoms with Gasteiger partial charge in [0.15, 0.2) is 0 Å². The second-order valence-corrected chi connectivity index (χ2v) is 5.36. The van der Waals surface area contributed by atoms with E-state index in [0.717, 1.165) is 4.90 Å². The summed E-state index contributed by atoms with van der Waals surface area (Å²) >= 11 is 2.81. The number of hydrogen-bond acceptors (Lipinski definition) is 6. The predicted molar refractivity (Wildman–Crippen MR) is 73.7 cm³/mol. The first-order valence-electron chi connectivity index (χ1n) is 5.20. The van der Waals surface area contributed by atoms with Crippen molar-refractivity contribution < 1.29 is 4.79 Å². The molecule has 1 amide bonds. The first-order chi connectivity index (χ1) is 8.70. The molecule has 94 valence electrons. The van der Waals surface area contributed by atoms with Gasteiger partial charge in [0.1, 0.15) is 5.01 Å².